The second kappa shape index (κ2) is 6.14. The van der Waals surface area contributed by atoms with Crippen molar-refractivity contribution in [1.29, 1.82) is 0 Å². The summed E-state index contributed by atoms with van der Waals surface area (Å²) < 4.78 is 64.2. The normalized spacial score (nSPS) is 12.2. The minimum atomic E-state index is -4.70. The van der Waals surface area contributed by atoms with Crippen molar-refractivity contribution < 1.29 is 25.6 Å². The largest absolute Gasteiger partial charge is 0.744 e. The van der Waals surface area contributed by atoms with E-state index < -0.39 is 25.1 Å². The summed E-state index contributed by atoms with van der Waals surface area (Å²) in [5.74, 6) is -0.0522. The predicted octanol–water partition coefficient (Wildman–Crippen LogP) is 2.82. The highest BCUT2D eigenvalue weighted by Crippen LogP contribution is 2.32. The fraction of sp³-hybridized carbons (Fsp3) is 0.0588. The number of hydrogen-bond donors (Lipinski definition) is 0. The van der Waals surface area contributed by atoms with Crippen molar-refractivity contribution in [2.24, 2.45) is 0 Å². The molecule has 0 bridgehead atoms. The Labute approximate surface area is 145 Å². The van der Waals surface area contributed by atoms with Gasteiger partial charge in [0.15, 0.2) is 5.75 Å². The van der Waals surface area contributed by atoms with E-state index in [-0.39, 0.29) is 21.4 Å². The molecule has 25 heavy (non-hydrogen) atoms. The van der Waals surface area contributed by atoms with Gasteiger partial charge in [-0.1, -0.05) is 42.0 Å². The van der Waals surface area contributed by atoms with E-state index in [1.54, 1.807) is 24.3 Å². The molecule has 0 aromatic heterocycles. The van der Waals surface area contributed by atoms with Gasteiger partial charge in [0.05, 0.1) is 4.90 Å². The summed E-state index contributed by atoms with van der Waals surface area (Å²) >= 11 is 0. The van der Waals surface area contributed by atoms with Gasteiger partial charge in [-0.3, -0.25) is 0 Å². The van der Waals surface area contributed by atoms with E-state index >= 15 is 0 Å². The van der Waals surface area contributed by atoms with Gasteiger partial charge in [0, 0.05) is 10.8 Å². The minimum absolute atomic E-state index is 0.0253. The Morgan fingerprint density at radius 3 is 2.00 bits per heavy atom. The molecule has 130 valence electrons. The maximum Gasteiger partial charge on any atom is 0.339 e. The molecule has 0 unspecified atom stereocenters. The third-order valence-electron chi connectivity index (χ3n) is 3.62. The van der Waals surface area contributed by atoms with Gasteiger partial charge in [-0.2, -0.15) is 8.42 Å². The molecule has 0 spiro atoms. The van der Waals surface area contributed by atoms with Crippen LogP contribution in [0.4, 0.5) is 0 Å². The third-order valence-corrected chi connectivity index (χ3v) is 5.77. The molecular weight excluding hydrogens is 364 g/mol. The van der Waals surface area contributed by atoms with Gasteiger partial charge in [0.2, 0.25) is 0 Å². The van der Waals surface area contributed by atoms with E-state index in [0.717, 1.165) is 11.6 Å². The van der Waals surface area contributed by atoms with Crippen molar-refractivity contribution in [2.45, 2.75) is 16.7 Å². The van der Waals surface area contributed by atoms with Crippen molar-refractivity contribution in [3.8, 4) is 5.75 Å². The average molecular weight is 377 g/mol. The molecule has 0 aliphatic rings. The number of hydrogen-bond acceptors (Lipinski definition) is 6. The standard InChI is InChI=1S/C17H14O6S2/c1-12-6-8-13(9-7-12)25(21,22)23-16-10-11-17(24(18,19)20)15-5-3-2-4-14(15)16/h2-11H,1H3,(H,18,19,20)/p-1. The molecule has 0 saturated carbocycles. The summed E-state index contributed by atoms with van der Waals surface area (Å²) in [5, 5.41) is 0.323. The zero-order valence-corrected chi connectivity index (χ0v) is 14.7. The summed E-state index contributed by atoms with van der Waals surface area (Å²) in [7, 11) is -8.80. The van der Waals surface area contributed by atoms with Gasteiger partial charge in [0.1, 0.15) is 15.0 Å². The Bertz CT molecular complexity index is 1150. The van der Waals surface area contributed by atoms with Crippen LogP contribution in [0.2, 0.25) is 0 Å². The van der Waals surface area contributed by atoms with Crippen LogP contribution in [0.5, 0.6) is 5.75 Å². The van der Waals surface area contributed by atoms with Gasteiger partial charge >= 0.3 is 10.1 Å². The molecule has 0 aliphatic carbocycles. The molecule has 3 aromatic rings. The molecule has 0 saturated heterocycles. The Morgan fingerprint density at radius 1 is 0.800 bits per heavy atom. The molecule has 6 nitrogen and oxygen atoms in total. The van der Waals surface area contributed by atoms with E-state index in [4.69, 9.17) is 4.18 Å². The van der Waals surface area contributed by atoms with Gasteiger partial charge < -0.3 is 8.74 Å². The molecule has 3 aromatic carbocycles. The highest BCUT2D eigenvalue weighted by molar-refractivity contribution is 7.87. The van der Waals surface area contributed by atoms with E-state index in [1.165, 1.54) is 30.3 Å². The minimum Gasteiger partial charge on any atom is -0.744 e. The Balaban J connectivity index is 2.13. The monoisotopic (exact) mass is 377 g/mol. The third kappa shape index (κ3) is 3.51. The molecule has 3 rings (SSSR count). The van der Waals surface area contributed by atoms with Crippen LogP contribution < -0.4 is 4.18 Å². The van der Waals surface area contributed by atoms with Crippen LogP contribution in [-0.4, -0.2) is 21.4 Å². The first-order chi connectivity index (χ1) is 11.7. The van der Waals surface area contributed by atoms with Crippen LogP contribution >= 0.6 is 0 Å². The first-order valence-electron chi connectivity index (χ1n) is 7.17. The first-order valence-corrected chi connectivity index (χ1v) is 9.99. The van der Waals surface area contributed by atoms with Gasteiger partial charge in [-0.05, 0) is 31.2 Å². The second-order valence-electron chi connectivity index (χ2n) is 5.41. The van der Waals surface area contributed by atoms with Crippen LogP contribution in [-0.2, 0) is 20.2 Å². The van der Waals surface area contributed by atoms with E-state index in [1.807, 2.05) is 6.92 Å². The van der Waals surface area contributed by atoms with Crippen molar-refractivity contribution in [2.75, 3.05) is 0 Å². The Hall–Kier alpha value is -2.42. The molecular formula is C17H13O6S2-. The van der Waals surface area contributed by atoms with Crippen LogP contribution in [0.3, 0.4) is 0 Å². The average Bonchev–Trinajstić information content (AvgIpc) is 2.54. The lowest BCUT2D eigenvalue weighted by atomic mass is 10.1. The van der Waals surface area contributed by atoms with Crippen molar-refractivity contribution in [3.05, 3.63) is 66.2 Å². The van der Waals surface area contributed by atoms with E-state index in [2.05, 4.69) is 0 Å². The van der Waals surface area contributed by atoms with Crippen molar-refractivity contribution in [3.63, 3.8) is 0 Å². The van der Waals surface area contributed by atoms with E-state index in [0.29, 0.717) is 0 Å². The molecule has 0 atom stereocenters. The van der Waals surface area contributed by atoms with E-state index in [9.17, 15) is 21.4 Å². The fourth-order valence-corrected chi connectivity index (χ4v) is 4.04. The van der Waals surface area contributed by atoms with Crippen LogP contribution in [0.15, 0.2) is 70.5 Å². The highest BCUT2D eigenvalue weighted by atomic mass is 32.2. The zero-order valence-electron chi connectivity index (χ0n) is 13.0. The summed E-state index contributed by atoms with van der Waals surface area (Å²) in [5.41, 5.74) is 0.898. The molecule has 0 N–H and O–H groups in total. The summed E-state index contributed by atoms with van der Waals surface area (Å²) in [6.45, 7) is 1.83. The summed E-state index contributed by atoms with van der Waals surface area (Å²) in [6, 6.07) is 14.4. The highest BCUT2D eigenvalue weighted by Gasteiger charge is 2.19. The van der Waals surface area contributed by atoms with Crippen LogP contribution in [0.1, 0.15) is 5.56 Å². The predicted molar refractivity (Wildman–Crippen MR) is 90.9 cm³/mol. The lowest BCUT2D eigenvalue weighted by molar-refractivity contribution is 0.464. The topological polar surface area (TPSA) is 101 Å². The molecule has 0 radical (unpaired) electrons. The van der Waals surface area contributed by atoms with Crippen LogP contribution in [0.25, 0.3) is 10.8 Å². The quantitative estimate of drug-likeness (QED) is 0.512. The number of fused-ring (bicyclic) bond motifs is 1. The Kier molecular flexibility index (Phi) is 4.28. The second-order valence-corrected chi connectivity index (χ2v) is 8.31. The maximum absolute atomic E-state index is 12.4. The summed E-state index contributed by atoms with van der Waals surface area (Å²) in [4.78, 5) is -0.453. The summed E-state index contributed by atoms with van der Waals surface area (Å²) in [6.07, 6.45) is 0. The number of benzene rings is 3. The lowest BCUT2D eigenvalue weighted by Crippen LogP contribution is -2.10. The van der Waals surface area contributed by atoms with Gasteiger partial charge in [0.25, 0.3) is 0 Å². The molecule has 0 heterocycles. The molecule has 0 amide bonds. The molecule has 0 fully saturated rings. The smallest absolute Gasteiger partial charge is 0.339 e. The lowest BCUT2D eigenvalue weighted by Gasteiger charge is -2.14. The Morgan fingerprint density at radius 2 is 1.40 bits per heavy atom. The van der Waals surface area contributed by atoms with Crippen molar-refractivity contribution in [1.82, 2.24) is 0 Å². The SMILES string of the molecule is Cc1ccc(S(=O)(=O)Oc2ccc(S(=O)(=O)[O-])c3ccccc23)cc1. The molecule has 8 heteroatoms. The van der Waals surface area contributed by atoms with Gasteiger partial charge in [-0.15, -0.1) is 0 Å². The fourth-order valence-electron chi connectivity index (χ4n) is 2.41. The first kappa shape index (κ1) is 17.4. The zero-order chi connectivity index (χ0) is 18.2. The maximum atomic E-state index is 12.4. The number of aryl methyl sites for hydroxylation is 1. The van der Waals surface area contributed by atoms with Crippen molar-refractivity contribution >= 4 is 31.0 Å². The molecule has 0 aliphatic heterocycles. The number of rotatable bonds is 4. The van der Waals surface area contributed by atoms with Gasteiger partial charge in [-0.25, -0.2) is 8.42 Å². The van der Waals surface area contributed by atoms with Crippen LogP contribution in [0, 0.1) is 6.92 Å².